The van der Waals surface area contributed by atoms with Gasteiger partial charge in [-0.3, -0.25) is 8.74 Å². The zero-order valence-electron chi connectivity index (χ0n) is 3.38. The first kappa shape index (κ1) is 10.4. The van der Waals surface area contributed by atoms with Crippen molar-refractivity contribution in [1.29, 1.82) is 0 Å². The first-order valence-electron chi connectivity index (χ1n) is 1.09. The van der Waals surface area contributed by atoms with E-state index in [1.54, 1.807) is 0 Å². The van der Waals surface area contributed by atoms with Crippen molar-refractivity contribution >= 4 is 10.4 Å². The fraction of sp³-hybridized carbons (Fsp3) is 1.00. The van der Waals surface area contributed by atoms with Crippen LogP contribution in [0, 0.1) is 0 Å². The van der Waals surface area contributed by atoms with E-state index in [-0.39, 0.29) is 17.1 Å². The first-order chi connectivity index (χ1) is 2.56. The van der Waals surface area contributed by atoms with Crippen LogP contribution in [0.25, 0.3) is 0 Å². The van der Waals surface area contributed by atoms with Gasteiger partial charge in [-0.25, -0.2) is 0 Å². The van der Waals surface area contributed by atoms with Gasteiger partial charge in [0.05, 0.1) is 7.11 Å². The largest absolute Gasteiger partial charge is 0.397 e. The Bertz CT molecular complexity index is 114. The SMILES string of the molecule is COS(=O)(=O)O.[Cu]. The number of hydrogen-bond acceptors (Lipinski definition) is 3. The molecule has 1 radical (unpaired) electrons. The molecule has 0 fully saturated rings. The minimum Gasteiger partial charge on any atom is -0.264 e. The van der Waals surface area contributed by atoms with E-state index >= 15 is 0 Å². The van der Waals surface area contributed by atoms with Gasteiger partial charge in [0, 0.05) is 17.1 Å². The molecule has 0 atom stereocenters. The van der Waals surface area contributed by atoms with Crippen LogP contribution in [0.4, 0.5) is 0 Å². The Morgan fingerprint density at radius 3 is 1.71 bits per heavy atom. The molecule has 0 rings (SSSR count). The van der Waals surface area contributed by atoms with Crippen molar-refractivity contribution in [1.82, 2.24) is 0 Å². The number of rotatable bonds is 1. The van der Waals surface area contributed by atoms with Gasteiger partial charge in [-0.05, 0) is 0 Å². The van der Waals surface area contributed by atoms with E-state index in [1.807, 2.05) is 0 Å². The maximum absolute atomic E-state index is 9.33. The van der Waals surface area contributed by atoms with E-state index in [1.165, 1.54) is 0 Å². The van der Waals surface area contributed by atoms with Gasteiger partial charge in [0.15, 0.2) is 0 Å². The van der Waals surface area contributed by atoms with Crippen LogP contribution in [-0.4, -0.2) is 20.1 Å². The fourth-order valence-corrected chi connectivity index (χ4v) is 0. The Kier molecular flexibility index (Phi) is 5.04. The molecule has 0 saturated heterocycles. The summed E-state index contributed by atoms with van der Waals surface area (Å²) in [5.74, 6) is 0. The Balaban J connectivity index is 0. The van der Waals surface area contributed by atoms with Crippen molar-refractivity contribution < 1.29 is 34.2 Å². The van der Waals surface area contributed by atoms with Crippen molar-refractivity contribution in [2.24, 2.45) is 0 Å². The summed E-state index contributed by atoms with van der Waals surface area (Å²) >= 11 is 0. The molecular formula is CH4CuO4S. The minimum atomic E-state index is -4.16. The summed E-state index contributed by atoms with van der Waals surface area (Å²) in [6.45, 7) is 0. The maximum atomic E-state index is 9.33. The summed E-state index contributed by atoms with van der Waals surface area (Å²) < 4.78 is 29.7. The molecule has 4 nitrogen and oxygen atoms in total. The Morgan fingerprint density at radius 2 is 1.71 bits per heavy atom. The summed E-state index contributed by atoms with van der Waals surface area (Å²) in [4.78, 5) is 0. The molecule has 6 heteroatoms. The van der Waals surface area contributed by atoms with E-state index in [2.05, 4.69) is 4.18 Å². The molecule has 7 heavy (non-hydrogen) atoms. The van der Waals surface area contributed by atoms with Crippen LogP contribution in [0.5, 0.6) is 0 Å². The van der Waals surface area contributed by atoms with E-state index in [9.17, 15) is 8.42 Å². The van der Waals surface area contributed by atoms with Gasteiger partial charge < -0.3 is 0 Å². The van der Waals surface area contributed by atoms with Crippen molar-refractivity contribution in [2.45, 2.75) is 0 Å². The van der Waals surface area contributed by atoms with E-state index in [0.717, 1.165) is 7.11 Å². The topological polar surface area (TPSA) is 63.6 Å². The van der Waals surface area contributed by atoms with Crippen LogP contribution in [0.1, 0.15) is 0 Å². The molecule has 0 aromatic rings. The van der Waals surface area contributed by atoms with E-state index < -0.39 is 10.4 Å². The molecule has 0 spiro atoms. The standard InChI is InChI=1S/CH4O4S.Cu/c1-5-6(2,3)4;/h1H3,(H,2,3,4);. The van der Waals surface area contributed by atoms with Gasteiger partial charge in [0.2, 0.25) is 0 Å². The zero-order valence-corrected chi connectivity index (χ0v) is 5.14. The molecule has 0 bridgehead atoms. The molecule has 0 aliphatic rings. The summed E-state index contributed by atoms with van der Waals surface area (Å²) in [6, 6.07) is 0. The summed E-state index contributed by atoms with van der Waals surface area (Å²) in [7, 11) is -3.29. The third kappa shape index (κ3) is 10.7. The van der Waals surface area contributed by atoms with Crippen LogP contribution >= 0.6 is 0 Å². The average Bonchev–Trinajstić information content (AvgIpc) is 1.35. The molecule has 0 aromatic carbocycles. The normalized spacial score (nSPS) is 10.0. The molecular weight excluding hydrogens is 172 g/mol. The van der Waals surface area contributed by atoms with Gasteiger partial charge in [0.1, 0.15) is 0 Å². The van der Waals surface area contributed by atoms with Crippen molar-refractivity contribution in [3.05, 3.63) is 0 Å². The smallest absolute Gasteiger partial charge is 0.264 e. The van der Waals surface area contributed by atoms with Gasteiger partial charge in [-0.2, -0.15) is 8.42 Å². The number of hydrogen-bond donors (Lipinski definition) is 1. The molecule has 0 amide bonds. The van der Waals surface area contributed by atoms with Crippen LogP contribution < -0.4 is 0 Å². The van der Waals surface area contributed by atoms with Gasteiger partial charge in [-0.15, -0.1) is 0 Å². The molecule has 0 unspecified atom stereocenters. The Labute approximate surface area is 52.3 Å². The second kappa shape index (κ2) is 3.40. The predicted molar refractivity (Wildman–Crippen MR) is 18.6 cm³/mol. The van der Waals surface area contributed by atoms with E-state index in [4.69, 9.17) is 4.55 Å². The second-order valence-electron chi connectivity index (χ2n) is 0.594. The summed E-state index contributed by atoms with van der Waals surface area (Å²) in [6.07, 6.45) is 0. The van der Waals surface area contributed by atoms with E-state index in [0.29, 0.717) is 0 Å². The summed E-state index contributed by atoms with van der Waals surface area (Å²) in [5, 5.41) is 0. The molecule has 49 valence electrons. The van der Waals surface area contributed by atoms with Crippen LogP contribution in [-0.2, 0) is 31.7 Å². The monoisotopic (exact) mass is 175 g/mol. The summed E-state index contributed by atoms with van der Waals surface area (Å²) in [5.41, 5.74) is 0. The fourth-order valence-electron chi connectivity index (χ4n) is 0. The van der Waals surface area contributed by atoms with Crippen LogP contribution in [0.2, 0.25) is 0 Å². The quantitative estimate of drug-likeness (QED) is 0.429. The molecule has 0 heterocycles. The van der Waals surface area contributed by atoms with Crippen molar-refractivity contribution in [3.8, 4) is 0 Å². The zero-order chi connectivity index (χ0) is 5.21. The average molecular weight is 176 g/mol. The molecule has 0 aliphatic heterocycles. The minimum absolute atomic E-state index is 0. The van der Waals surface area contributed by atoms with Crippen LogP contribution in [0.3, 0.4) is 0 Å². The molecule has 1 N–H and O–H groups in total. The van der Waals surface area contributed by atoms with Crippen molar-refractivity contribution in [2.75, 3.05) is 7.11 Å². The second-order valence-corrected chi connectivity index (χ2v) is 1.78. The Hall–Kier alpha value is 0.389. The molecule has 0 aromatic heterocycles. The third-order valence-electron chi connectivity index (χ3n) is 0.211. The van der Waals surface area contributed by atoms with Gasteiger partial charge in [-0.1, -0.05) is 0 Å². The van der Waals surface area contributed by atoms with Crippen LogP contribution in [0.15, 0.2) is 0 Å². The molecule has 0 aliphatic carbocycles. The predicted octanol–water partition coefficient (Wildman–Crippen LogP) is -0.567. The Morgan fingerprint density at radius 1 is 1.57 bits per heavy atom. The van der Waals surface area contributed by atoms with Gasteiger partial charge in [0.25, 0.3) is 0 Å². The maximum Gasteiger partial charge on any atom is 0.397 e. The van der Waals surface area contributed by atoms with Gasteiger partial charge >= 0.3 is 10.4 Å². The van der Waals surface area contributed by atoms with Crippen molar-refractivity contribution in [3.63, 3.8) is 0 Å². The first-order valence-corrected chi connectivity index (χ1v) is 2.46. The molecule has 0 saturated carbocycles. The third-order valence-corrected chi connectivity index (χ3v) is 0.632.